The number of nitrogens with zero attached hydrogens (tertiary/aromatic N) is 3. The van der Waals surface area contributed by atoms with Gasteiger partial charge in [-0.05, 0) is 36.4 Å². The van der Waals surface area contributed by atoms with Gasteiger partial charge in [0.15, 0.2) is 0 Å². The number of rotatable bonds is 7. The molecule has 10 nitrogen and oxygen atoms in total. The zero-order valence-corrected chi connectivity index (χ0v) is 20.8. The van der Waals surface area contributed by atoms with Crippen molar-refractivity contribution >= 4 is 38.4 Å². The van der Waals surface area contributed by atoms with Crippen molar-refractivity contribution in [3.63, 3.8) is 0 Å². The molecule has 4 aromatic rings. The van der Waals surface area contributed by atoms with Crippen LogP contribution in [0.4, 0.5) is 4.39 Å². The van der Waals surface area contributed by atoms with E-state index < -0.39 is 27.9 Å². The first-order valence-corrected chi connectivity index (χ1v) is 13.0. The highest BCUT2D eigenvalue weighted by molar-refractivity contribution is 7.89. The predicted molar refractivity (Wildman–Crippen MR) is 133 cm³/mol. The van der Waals surface area contributed by atoms with Crippen molar-refractivity contribution in [1.29, 1.82) is 0 Å². The van der Waals surface area contributed by atoms with E-state index in [0.717, 1.165) is 0 Å². The molecule has 1 aliphatic heterocycles. The minimum Gasteiger partial charge on any atom is -0.491 e. The molecule has 2 aromatic heterocycles. The maximum absolute atomic E-state index is 14.3. The molecule has 3 N–H and O–H groups in total. The lowest BCUT2D eigenvalue weighted by Crippen LogP contribution is -2.47. The number of carbonyl (C=O) groups excluding carboxylic acids is 1. The first-order chi connectivity index (χ1) is 17.7. The van der Waals surface area contributed by atoms with Gasteiger partial charge in [-0.2, -0.15) is 4.31 Å². The highest BCUT2D eigenvalue weighted by atomic mass is 35.5. The molecular weight excluding hydrogens is 525 g/mol. The molecule has 0 aliphatic carbocycles. The minimum atomic E-state index is -4.16. The number of sulfonamides is 1. The monoisotopic (exact) mass is 545 g/mol. The van der Waals surface area contributed by atoms with E-state index >= 15 is 0 Å². The van der Waals surface area contributed by atoms with Gasteiger partial charge in [0.2, 0.25) is 10.0 Å². The normalized spacial score (nSPS) is 16.6. The third kappa shape index (κ3) is 5.01. The second kappa shape index (κ2) is 10.1. The van der Waals surface area contributed by atoms with Crippen molar-refractivity contribution in [3.05, 3.63) is 71.7 Å². The number of aromatic amines is 1. The molecule has 0 spiro atoms. The number of halogens is 2. The number of primary amides is 1. The zero-order valence-electron chi connectivity index (χ0n) is 19.2. The van der Waals surface area contributed by atoms with Gasteiger partial charge in [-0.1, -0.05) is 11.6 Å². The van der Waals surface area contributed by atoms with Crippen LogP contribution in [-0.4, -0.2) is 66.0 Å². The lowest BCUT2D eigenvalue weighted by Gasteiger charge is -2.32. The van der Waals surface area contributed by atoms with Crippen LogP contribution in [0.25, 0.3) is 22.0 Å². The summed E-state index contributed by atoms with van der Waals surface area (Å²) in [6.45, 7) is 0.149. The first kappa shape index (κ1) is 25.1. The average Bonchev–Trinajstić information content (AvgIpc) is 3.29. The summed E-state index contributed by atoms with van der Waals surface area (Å²) in [5.74, 6) is -1.00. The molecule has 13 heteroatoms. The van der Waals surface area contributed by atoms with Gasteiger partial charge in [-0.15, -0.1) is 0 Å². The van der Waals surface area contributed by atoms with Crippen LogP contribution < -0.4 is 10.5 Å². The van der Waals surface area contributed by atoms with Crippen LogP contribution in [-0.2, 0) is 14.8 Å². The SMILES string of the molecule is NC(=O)c1[nH]c2ccc(Cl)cc2c1S(=O)(=O)N1CCOC(COc2ccc(F)c(-c3cncnc3)c2)C1. The van der Waals surface area contributed by atoms with Gasteiger partial charge in [0, 0.05) is 52.5 Å². The third-order valence-electron chi connectivity index (χ3n) is 5.90. The topological polar surface area (TPSA) is 140 Å². The van der Waals surface area contributed by atoms with Crippen LogP contribution in [0.1, 0.15) is 10.5 Å². The maximum atomic E-state index is 14.3. The summed E-state index contributed by atoms with van der Waals surface area (Å²) in [4.78, 5) is 22.4. The minimum absolute atomic E-state index is 0.00473. The first-order valence-electron chi connectivity index (χ1n) is 11.1. The molecule has 1 saturated heterocycles. The summed E-state index contributed by atoms with van der Waals surface area (Å²) >= 11 is 6.09. The number of aromatic nitrogens is 3. The summed E-state index contributed by atoms with van der Waals surface area (Å²) in [7, 11) is -4.16. The molecule has 2 aromatic carbocycles. The summed E-state index contributed by atoms with van der Waals surface area (Å²) in [6, 6.07) is 8.88. The van der Waals surface area contributed by atoms with Crippen molar-refractivity contribution in [1.82, 2.24) is 19.3 Å². The number of hydrogen-bond acceptors (Lipinski definition) is 7. The van der Waals surface area contributed by atoms with Gasteiger partial charge in [-0.25, -0.2) is 22.8 Å². The Bertz CT molecular complexity index is 1580. The Morgan fingerprint density at radius 2 is 2.03 bits per heavy atom. The fourth-order valence-corrected chi connectivity index (χ4v) is 6.13. The van der Waals surface area contributed by atoms with Gasteiger partial charge in [-0.3, -0.25) is 4.79 Å². The standard InChI is InChI=1S/C24H21ClFN5O5S/c25-15-1-4-21-19(7-15)23(22(30-21)24(27)32)37(33,34)31-5-6-35-17(11-31)12-36-16-2-3-20(26)18(8-16)14-9-28-13-29-10-14/h1-4,7-10,13,17,30H,5-6,11-12H2,(H2,27,32). The molecule has 1 fully saturated rings. The number of ether oxygens (including phenoxy) is 2. The fraction of sp³-hybridized carbons (Fsp3) is 0.208. The van der Waals surface area contributed by atoms with E-state index in [1.54, 1.807) is 12.1 Å². The van der Waals surface area contributed by atoms with Crippen molar-refractivity contribution < 1.29 is 27.1 Å². The predicted octanol–water partition coefficient (Wildman–Crippen LogP) is 2.98. The zero-order chi connectivity index (χ0) is 26.2. The van der Waals surface area contributed by atoms with Crippen LogP contribution in [0, 0.1) is 5.82 Å². The number of hydrogen-bond donors (Lipinski definition) is 2. The molecule has 1 amide bonds. The molecule has 1 atom stereocenters. The average molecular weight is 546 g/mol. The van der Waals surface area contributed by atoms with E-state index in [4.69, 9.17) is 26.8 Å². The van der Waals surface area contributed by atoms with E-state index in [2.05, 4.69) is 15.0 Å². The van der Waals surface area contributed by atoms with Crippen molar-refractivity contribution in [2.75, 3.05) is 26.3 Å². The van der Waals surface area contributed by atoms with E-state index in [-0.39, 0.29) is 47.8 Å². The molecule has 3 heterocycles. The Kier molecular flexibility index (Phi) is 6.82. The lowest BCUT2D eigenvalue weighted by atomic mass is 10.1. The Labute approximate surface area is 216 Å². The van der Waals surface area contributed by atoms with Crippen molar-refractivity contribution in [2.45, 2.75) is 11.0 Å². The molecule has 192 valence electrons. The Morgan fingerprint density at radius 3 is 2.78 bits per heavy atom. The number of nitrogens with two attached hydrogens (primary N) is 1. The van der Waals surface area contributed by atoms with Gasteiger partial charge in [0.1, 0.15) is 41.2 Å². The van der Waals surface area contributed by atoms with E-state index in [1.807, 2.05) is 0 Å². The second-order valence-corrected chi connectivity index (χ2v) is 10.6. The van der Waals surface area contributed by atoms with Gasteiger partial charge < -0.3 is 20.2 Å². The molecule has 1 aliphatic rings. The highest BCUT2D eigenvalue weighted by Gasteiger charge is 2.36. The molecular formula is C24H21ClFN5O5S. The lowest BCUT2D eigenvalue weighted by molar-refractivity contribution is -0.0249. The van der Waals surface area contributed by atoms with Crippen LogP contribution in [0.3, 0.4) is 0 Å². The number of benzene rings is 2. The molecule has 0 radical (unpaired) electrons. The molecule has 37 heavy (non-hydrogen) atoms. The molecule has 0 bridgehead atoms. The van der Waals surface area contributed by atoms with E-state index in [0.29, 0.717) is 21.9 Å². The van der Waals surface area contributed by atoms with Crippen LogP contribution >= 0.6 is 11.6 Å². The third-order valence-corrected chi connectivity index (χ3v) is 8.09. The Hall–Kier alpha value is -3.58. The Morgan fingerprint density at radius 1 is 1.24 bits per heavy atom. The highest BCUT2D eigenvalue weighted by Crippen LogP contribution is 2.32. The van der Waals surface area contributed by atoms with E-state index in [1.165, 1.54) is 47.3 Å². The summed E-state index contributed by atoms with van der Waals surface area (Å²) < 4.78 is 54.4. The number of nitrogens with one attached hydrogen (secondary N) is 1. The van der Waals surface area contributed by atoms with Gasteiger partial charge in [0.05, 0.1) is 6.61 Å². The number of amides is 1. The van der Waals surface area contributed by atoms with Crippen molar-refractivity contribution in [2.24, 2.45) is 5.73 Å². The number of H-pyrrole nitrogens is 1. The molecule has 0 saturated carbocycles. The molecule has 1 unspecified atom stereocenters. The van der Waals surface area contributed by atoms with Crippen LogP contribution in [0.5, 0.6) is 5.75 Å². The van der Waals surface area contributed by atoms with Gasteiger partial charge >= 0.3 is 0 Å². The van der Waals surface area contributed by atoms with E-state index in [9.17, 15) is 17.6 Å². The summed E-state index contributed by atoms with van der Waals surface area (Å²) in [5.41, 5.74) is 6.43. The number of morpholine rings is 1. The van der Waals surface area contributed by atoms with Crippen LogP contribution in [0.2, 0.25) is 5.02 Å². The second-order valence-electron chi connectivity index (χ2n) is 8.32. The smallest absolute Gasteiger partial charge is 0.266 e. The number of fused-ring (bicyclic) bond motifs is 1. The number of carbonyl (C=O) groups is 1. The van der Waals surface area contributed by atoms with Gasteiger partial charge in [0.25, 0.3) is 5.91 Å². The van der Waals surface area contributed by atoms with Crippen molar-refractivity contribution in [3.8, 4) is 16.9 Å². The summed E-state index contributed by atoms with van der Waals surface area (Å²) in [5, 5.41) is 0.581. The Balaban J connectivity index is 1.36. The molecule has 5 rings (SSSR count). The maximum Gasteiger partial charge on any atom is 0.266 e. The fourth-order valence-electron chi connectivity index (χ4n) is 4.16. The van der Waals surface area contributed by atoms with Crippen LogP contribution in [0.15, 0.2) is 60.0 Å². The largest absolute Gasteiger partial charge is 0.491 e. The quantitative estimate of drug-likeness (QED) is 0.364. The summed E-state index contributed by atoms with van der Waals surface area (Å²) in [6.07, 6.45) is 3.70.